The fourth-order valence-electron chi connectivity index (χ4n) is 1.02. The summed E-state index contributed by atoms with van der Waals surface area (Å²) < 4.78 is 2.96. The average Bonchev–Trinajstić information content (AvgIpc) is 2.45. The predicted octanol–water partition coefficient (Wildman–Crippen LogP) is 0.547. The third-order valence-electron chi connectivity index (χ3n) is 1.87. The number of aromatic nitrogens is 3. The molecule has 0 bridgehead atoms. The van der Waals surface area contributed by atoms with Crippen LogP contribution in [0.4, 0.5) is 4.79 Å². The SMILES string of the molecule is CN(C)C(=O)n1nc(CC#N)n(C)c1=S. The Morgan fingerprint density at radius 1 is 1.67 bits per heavy atom. The summed E-state index contributed by atoms with van der Waals surface area (Å²) >= 11 is 5.03. The van der Waals surface area contributed by atoms with Gasteiger partial charge in [0.15, 0.2) is 0 Å². The van der Waals surface area contributed by atoms with E-state index < -0.39 is 0 Å². The quantitative estimate of drug-likeness (QED) is 0.654. The number of nitrogens with zero attached hydrogens (tertiary/aromatic N) is 5. The summed E-state index contributed by atoms with van der Waals surface area (Å²) in [6.45, 7) is 0. The van der Waals surface area contributed by atoms with Gasteiger partial charge in [-0.1, -0.05) is 0 Å². The Labute approximate surface area is 92.3 Å². The van der Waals surface area contributed by atoms with Gasteiger partial charge in [-0.3, -0.25) is 0 Å². The molecule has 80 valence electrons. The first-order valence-electron chi connectivity index (χ1n) is 4.22. The number of nitriles is 1. The molecule has 0 fully saturated rings. The van der Waals surface area contributed by atoms with Gasteiger partial charge in [-0.05, 0) is 12.2 Å². The maximum Gasteiger partial charge on any atom is 0.346 e. The lowest BCUT2D eigenvalue weighted by Crippen LogP contribution is -2.28. The Balaban J connectivity index is 3.23. The Hall–Kier alpha value is -1.68. The molecule has 0 saturated heterocycles. The Bertz CT molecular complexity index is 478. The molecule has 0 aliphatic rings. The topological polar surface area (TPSA) is 66.8 Å². The second kappa shape index (κ2) is 4.23. The molecule has 1 rings (SSSR count). The predicted molar refractivity (Wildman–Crippen MR) is 55.8 cm³/mol. The Morgan fingerprint density at radius 3 is 2.73 bits per heavy atom. The molecule has 0 aliphatic carbocycles. The molecule has 1 aromatic rings. The fourth-order valence-corrected chi connectivity index (χ4v) is 1.24. The van der Waals surface area contributed by atoms with Gasteiger partial charge in [-0.15, -0.1) is 5.10 Å². The molecule has 1 heterocycles. The zero-order chi connectivity index (χ0) is 11.6. The van der Waals surface area contributed by atoms with Gasteiger partial charge in [-0.25, -0.2) is 4.79 Å². The van der Waals surface area contributed by atoms with Crippen LogP contribution in [0, 0.1) is 16.1 Å². The summed E-state index contributed by atoms with van der Waals surface area (Å²) in [5, 5.41) is 12.5. The third-order valence-corrected chi connectivity index (χ3v) is 2.32. The molecular formula is C8H11N5OS. The minimum atomic E-state index is -0.320. The zero-order valence-electron chi connectivity index (χ0n) is 8.76. The highest BCUT2D eigenvalue weighted by Gasteiger charge is 2.14. The van der Waals surface area contributed by atoms with E-state index in [1.165, 1.54) is 4.90 Å². The first kappa shape index (κ1) is 11.4. The molecule has 0 aliphatic heterocycles. The van der Waals surface area contributed by atoms with Crippen LogP contribution in [0.25, 0.3) is 0 Å². The highest BCUT2D eigenvalue weighted by Crippen LogP contribution is 2.00. The van der Waals surface area contributed by atoms with Crippen LogP contribution in [0.3, 0.4) is 0 Å². The molecule has 0 unspecified atom stereocenters. The number of carbonyl (C=O) groups is 1. The minimum Gasteiger partial charge on any atom is -0.329 e. The van der Waals surface area contributed by atoms with Gasteiger partial charge < -0.3 is 9.47 Å². The van der Waals surface area contributed by atoms with Crippen molar-refractivity contribution >= 4 is 18.2 Å². The number of hydrogen-bond acceptors (Lipinski definition) is 4. The normalized spacial score (nSPS) is 9.73. The van der Waals surface area contributed by atoms with E-state index in [2.05, 4.69) is 5.10 Å². The van der Waals surface area contributed by atoms with Gasteiger partial charge >= 0.3 is 6.03 Å². The highest BCUT2D eigenvalue weighted by molar-refractivity contribution is 7.71. The third kappa shape index (κ3) is 2.05. The fraction of sp³-hybridized carbons (Fsp3) is 0.500. The van der Waals surface area contributed by atoms with Crippen LogP contribution >= 0.6 is 12.2 Å². The molecular weight excluding hydrogens is 214 g/mol. The molecule has 7 heteroatoms. The van der Waals surface area contributed by atoms with E-state index in [0.717, 1.165) is 4.68 Å². The minimum absolute atomic E-state index is 0.133. The van der Waals surface area contributed by atoms with Gasteiger partial charge in [0.05, 0.1) is 12.5 Å². The number of hydrogen-bond donors (Lipinski definition) is 0. The van der Waals surface area contributed by atoms with E-state index in [9.17, 15) is 4.79 Å². The molecule has 0 atom stereocenters. The van der Waals surface area contributed by atoms with Gasteiger partial charge in [0.25, 0.3) is 0 Å². The molecule has 0 radical (unpaired) electrons. The molecule has 0 N–H and O–H groups in total. The largest absolute Gasteiger partial charge is 0.346 e. The summed E-state index contributed by atoms with van der Waals surface area (Å²) in [7, 11) is 4.91. The first-order valence-corrected chi connectivity index (χ1v) is 4.63. The van der Waals surface area contributed by atoms with Crippen molar-refractivity contribution in [1.29, 1.82) is 5.26 Å². The van der Waals surface area contributed by atoms with Crippen LogP contribution in [0.1, 0.15) is 5.82 Å². The van der Waals surface area contributed by atoms with Crippen molar-refractivity contribution in [1.82, 2.24) is 19.2 Å². The highest BCUT2D eigenvalue weighted by atomic mass is 32.1. The summed E-state index contributed by atoms with van der Waals surface area (Å²) in [5.74, 6) is 0.484. The Morgan fingerprint density at radius 2 is 2.27 bits per heavy atom. The second-order valence-electron chi connectivity index (χ2n) is 3.18. The summed E-state index contributed by atoms with van der Waals surface area (Å²) in [6.07, 6.45) is 0.133. The summed E-state index contributed by atoms with van der Waals surface area (Å²) in [5.41, 5.74) is 0. The lowest BCUT2D eigenvalue weighted by molar-refractivity contribution is 0.215. The Kier molecular flexibility index (Phi) is 3.21. The lowest BCUT2D eigenvalue weighted by Gasteiger charge is -2.08. The molecule has 0 saturated carbocycles. The standard InChI is InChI=1S/C8H11N5OS/c1-11(2)7(14)13-8(15)12(3)6(10-13)4-5-9/h4H2,1-3H3. The van der Waals surface area contributed by atoms with E-state index in [4.69, 9.17) is 17.5 Å². The van der Waals surface area contributed by atoms with Crippen molar-refractivity contribution in [3.05, 3.63) is 10.6 Å². The van der Waals surface area contributed by atoms with E-state index >= 15 is 0 Å². The zero-order valence-corrected chi connectivity index (χ0v) is 9.58. The lowest BCUT2D eigenvalue weighted by atomic mass is 10.4. The molecule has 15 heavy (non-hydrogen) atoms. The van der Waals surface area contributed by atoms with Crippen LogP contribution in [0.15, 0.2) is 0 Å². The maximum atomic E-state index is 11.6. The van der Waals surface area contributed by atoms with Crippen molar-refractivity contribution in [2.75, 3.05) is 14.1 Å². The number of rotatable bonds is 1. The van der Waals surface area contributed by atoms with Gasteiger partial charge in [0, 0.05) is 21.1 Å². The first-order chi connectivity index (χ1) is 6.99. The average molecular weight is 225 g/mol. The van der Waals surface area contributed by atoms with Crippen LogP contribution in [-0.2, 0) is 13.5 Å². The smallest absolute Gasteiger partial charge is 0.329 e. The van der Waals surface area contributed by atoms with E-state index in [0.29, 0.717) is 10.6 Å². The van der Waals surface area contributed by atoms with E-state index in [-0.39, 0.29) is 12.5 Å². The van der Waals surface area contributed by atoms with Crippen LogP contribution in [-0.4, -0.2) is 39.4 Å². The van der Waals surface area contributed by atoms with Crippen LogP contribution < -0.4 is 0 Å². The van der Waals surface area contributed by atoms with Gasteiger partial charge in [-0.2, -0.15) is 9.94 Å². The monoisotopic (exact) mass is 225 g/mol. The van der Waals surface area contributed by atoms with Crippen molar-refractivity contribution < 1.29 is 4.79 Å². The molecule has 1 aromatic heterocycles. The van der Waals surface area contributed by atoms with Crippen molar-refractivity contribution in [2.45, 2.75) is 6.42 Å². The van der Waals surface area contributed by atoms with E-state index in [1.807, 2.05) is 6.07 Å². The van der Waals surface area contributed by atoms with Crippen molar-refractivity contribution in [3.8, 4) is 6.07 Å². The number of amides is 1. The van der Waals surface area contributed by atoms with Crippen LogP contribution in [0.2, 0.25) is 0 Å². The molecule has 0 aromatic carbocycles. The van der Waals surface area contributed by atoms with Crippen molar-refractivity contribution in [3.63, 3.8) is 0 Å². The molecule has 6 nitrogen and oxygen atoms in total. The summed E-state index contributed by atoms with van der Waals surface area (Å²) in [4.78, 5) is 13.0. The maximum absolute atomic E-state index is 11.6. The van der Waals surface area contributed by atoms with Crippen molar-refractivity contribution in [2.24, 2.45) is 7.05 Å². The van der Waals surface area contributed by atoms with Gasteiger partial charge in [0.1, 0.15) is 5.82 Å². The van der Waals surface area contributed by atoms with E-state index in [1.54, 1.807) is 25.7 Å². The summed E-state index contributed by atoms with van der Waals surface area (Å²) in [6, 6.07) is 1.65. The van der Waals surface area contributed by atoms with Gasteiger partial charge in [0.2, 0.25) is 4.77 Å². The van der Waals surface area contributed by atoms with Crippen LogP contribution in [0.5, 0.6) is 0 Å². The second-order valence-corrected chi connectivity index (χ2v) is 3.55. The number of carbonyl (C=O) groups excluding carboxylic acids is 1. The molecule has 1 amide bonds. The molecule has 0 spiro atoms.